The maximum atomic E-state index is 12.1. The van der Waals surface area contributed by atoms with Crippen molar-refractivity contribution in [2.75, 3.05) is 13.1 Å². The van der Waals surface area contributed by atoms with Crippen molar-refractivity contribution < 1.29 is 19.2 Å². The van der Waals surface area contributed by atoms with Crippen LogP contribution >= 0.6 is 0 Å². The monoisotopic (exact) mass is 284 g/mol. The van der Waals surface area contributed by atoms with Crippen molar-refractivity contribution in [3.63, 3.8) is 0 Å². The minimum atomic E-state index is -0.773. The van der Waals surface area contributed by atoms with Gasteiger partial charge in [0.25, 0.3) is 0 Å². The quantitative estimate of drug-likeness (QED) is 0.459. The third kappa shape index (κ3) is 4.30. The topological polar surface area (TPSA) is 136 Å². The molecule has 0 aromatic rings. The van der Waals surface area contributed by atoms with Crippen molar-refractivity contribution >= 4 is 24.0 Å². The largest absolute Gasteiger partial charge is 0.370 e. The lowest BCUT2D eigenvalue weighted by molar-refractivity contribution is -0.138. The van der Waals surface area contributed by atoms with Crippen molar-refractivity contribution in [3.8, 4) is 0 Å². The zero-order valence-electron chi connectivity index (χ0n) is 11.2. The Bertz CT molecular complexity index is 399. The number of rotatable bonds is 7. The summed E-state index contributed by atoms with van der Waals surface area (Å²) in [7, 11) is 0. The Kier molecular flexibility index (Phi) is 6.10. The molecular formula is C12H20N4O4. The first kappa shape index (κ1) is 16.1. The zero-order chi connectivity index (χ0) is 15.1. The summed E-state index contributed by atoms with van der Waals surface area (Å²) < 4.78 is 0. The summed E-state index contributed by atoms with van der Waals surface area (Å²) in [6, 6.07) is -1.37. The van der Waals surface area contributed by atoms with Gasteiger partial charge in [-0.25, -0.2) is 0 Å². The number of carbonyl (C=O) groups excluding carboxylic acids is 4. The van der Waals surface area contributed by atoms with E-state index in [0.717, 1.165) is 6.42 Å². The van der Waals surface area contributed by atoms with E-state index in [0.29, 0.717) is 19.3 Å². The minimum absolute atomic E-state index is 0.0137. The van der Waals surface area contributed by atoms with E-state index in [4.69, 9.17) is 11.5 Å². The zero-order valence-corrected chi connectivity index (χ0v) is 11.2. The second kappa shape index (κ2) is 7.59. The molecule has 20 heavy (non-hydrogen) atoms. The second-order valence-corrected chi connectivity index (χ2v) is 4.71. The van der Waals surface area contributed by atoms with Gasteiger partial charge in [0.2, 0.25) is 17.7 Å². The average Bonchev–Trinajstić information content (AvgIpc) is 2.91. The van der Waals surface area contributed by atoms with Crippen molar-refractivity contribution in [2.24, 2.45) is 11.5 Å². The first-order valence-corrected chi connectivity index (χ1v) is 6.53. The van der Waals surface area contributed by atoms with E-state index in [1.54, 1.807) is 0 Å². The highest BCUT2D eigenvalue weighted by molar-refractivity contribution is 5.90. The Hall–Kier alpha value is -1.96. The Morgan fingerprint density at radius 3 is 2.65 bits per heavy atom. The second-order valence-electron chi connectivity index (χ2n) is 4.71. The summed E-state index contributed by atoms with van der Waals surface area (Å²) in [6.07, 6.45) is 1.99. The van der Waals surface area contributed by atoms with Crippen molar-refractivity contribution in [3.05, 3.63) is 0 Å². The van der Waals surface area contributed by atoms with Crippen LogP contribution in [0.4, 0.5) is 0 Å². The lowest BCUT2D eigenvalue weighted by atomic mass is 10.1. The van der Waals surface area contributed by atoms with E-state index in [2.05, 4.69) is 5.32 Å². The predicted octanol–water partition coefficient (Wildman–Crippen LogP) is -2.11. The van der Waals surface area contributed by atoms with Crippen LogP contribution in [0.5, 0.6) is 0 Å². The minimum Gasteiger partial charge on any atom is -0.370 e. The molecule has 0 radical (unpaired) electrons. The lowest BCUT2D eigenvalue weighted by Crippen LogP contribution is -2.50. The van der Waals surface area contributed by atoms with Crippen LogP contribution in [0, 0.1) is 0 Å². The maximum Gasteiger partial charge on any atom is 0.243 e. The number of amides is 3. The van der Waals surface area contributed by atoms with Crippen molar-refractivity contribution in [1.82, 2.24) is 10.2 Å². The summed E-state index contributed by atoms with van der Waals surface area (Å²) in [5.74, 6) is -1.22. The van der Waals surface area contributed by atoms with Crippen molar-refractivity contribution in [2.45, 2.75) is 37.8 Å². The van der Waals surface area contributed by atoms with Crippen LogP contribution in [0.3, 0.4) is 0 Å². The fourth-order valence-electron chi connectivity index (χ4n) is 2.21. The van der Waals surface area contributed by atoms with Crippen LogP contribution in [0.1, 0.15) is 25.7 Å². The molecule has 0 aromatic heterocycles. The molecule has 1 aliphatic heterocycles. The van der Waals surface area contributed by atoms with Gasteiger partial charge in [0.15, 0.2) is 0 Å². The molecule has 2 atom stereocenters. The highest BCUT2D eigenvalue weighted by atomic mass is 16.2. The fraction of sp³-hybridized carbons (Fsp3) is 0.667. The molecule has 0 aliphatic carbocycles. The molecule has 5 N–H and O–H groups in total. The van der Waals surface area contributed by atoms with Gasteiger partial charge in [-0.3, -0.25) is 14.4 Å². The maximum absolute atomic E-state index is 12.1. The number of primary amides is 1. The third-order valence-electron chi connectivity index (χ3n) is 3.24. The fourth-order valence-corrected chi connectivity index (χ4v) is 2.21. The smallest absolute Gasteiger partial charge is 0.243 e. The molecular weight excluding hydrogens is 264 g/mol. The van der Waals surface area contributed by atoms with Gasteiger partial charge in [0.1, 0.15) is 12.3 Å². The van der Waals surface area contributed by atoms with Crippen LogP contribution in [0.25, 0.3) is 0 Å². The van der Waals surface area contributed by atoms with E-state index in [9.17, 15) is 19.2 Å². The Labute approximate surface area is 116 Å². The van der Waals surface area contributed by atoms with Gasteiger partial charge in [-0.1, -0.05) is 0 Å². The number of carbonyl (C=O) groups is 4. The molecule has 8 nitrogen and oxygen atoms in total. The van der Waals surface area contributed by atoms with E-state index in [1.807, 2.05) is 0 Å². The number of nitrogens with zero attached hydrogens (tertiary/aromatic N) is 1. The molecule has 1 aliphatic rings. The van der Waals surface area contributed by atoms with E-state index in [-0.39, 0.29) is 25.3 Å². The molecule has 0 aromatic carbocycles. The van der Waals surface area contributed by atoms with Gasteiger partial charge in [0.05, 0.1) is 12.6 Å². The number of likely N-dealkylation sites (tertiary alicyclic amines) is 1. The summed E-state index contributed by atoms with van der Waals surface area (Å²) in [5.41, 5.74) is 10.3. The standard InChI is InChI=1S/C12H20N4O4/c13-6-11(19)16-5-1-2-9(16)12(20)15-8(7-17)3-4-10(14)18/h7-9H,1-6,13H2,(H2,14,18)(H,15,20)/t8-,9-/m0/s1. The molecule has 1 rings (SSSR count). The SMILES string of the molecule is NCC(=O)N1CCC[C@H]1C(=O)N[C@H](C=O)CCC(N)=O. The summed E-state index contributed by atoms with van der Waals surface area (Å²) in [4.78, 5) is 46.6. The number of aldehydes is 1. The van der Waals surface area contributed by atoms with Gasteiger partial charge in [0, 0.05) is 13.0 Å². The van der Waals surface area contributed by atoms with E-state index >= 15 is 0 Å². The van der Waals surface area contributed by atoms with E-state index < -0.39 is 23.9 Å². The highest BCUT2D eigenvalue weighted by Gasteiger charge is 2.34. The number of nitrogens with two attached hydrogens (primary N) is 2. The molecule has 0 bridgehead atoms. The first-order valence-electron chi connectivity index (χ1n) is 6.53. The van der Waals surface area contributed by atoms with Crippen LogP contribution < -0.4 is 16.8 Å². The molecule has 1 fully saturated rings. The van der Waals surface area contributed by atoms with Gasteiger partial charge in [-0.2, -0.15) is 0 Å². The van der Waals surface area contributed by atoms with Gasteiger partial charge in [-0.15, -0.1) is 0 Å². The van der Waals surface area contributed by atoms with Gasteiger partial charge < -0.3 is 26.5 Å². The summed E-state index contributed by atoms with van der Waals surface area (Å²) in [5, 5.41) is 2.52. The normalized spacial score (nSPS) is 19.4. The molecule has 1 saturated heterocycles. The highest BCUT2D eigenvalue weighted by Crippen LogP contribution is 2.17. The molecule has 0 spiro atoms. The average molecular weight is 284 g/mol. The number of hydrogen-bond acceptors (Lipinski definition) is 5. The van der Waals surface area contributed by atoms with Crippen LogP contribution in [-0.2, 0) is 19.2 Å². The van der Waals surface area contributed by atoms with E-state index in [1.165, 1.54) is 4.90 Å². The Morgan fingerprint density at radius 2 is 2.10 bits per heavy atom. The molecule has 112 valence electrons. The number of hydrogen-bond donors (Lipinski definition) is 3. The molecule has 0 saturated carbocycles. The molecule has 0 unspecified atom stereocenters. The van der Waals surface area contributed by atoms with Crippen LogP contribution in [0.2, 0.25) is 0 Å². The van der Waals surface area contributed by atoms with Gasteiger partial charge >= 0.3 is 0 Å². The number of nitrogens with one attached hydrogen (secondary N) is 1. The Morgan fingerprint density at radius 1 is 1.40 bits per heavy atom. The predicted molar refractivity (Wildman–Crippen MR) is 70.2 cm³/mol. The lowest BCUT2D eigenvalue weighted by Gasteiger charge is -2.24. The van der Waals surface area contributed by atoms with Crippen LogP contribution in [-0.4, -0.2) is 54.1 Å². The summed E-state index contributed by atoms with van der Waals surface area (Å²) >= 11 is 0. The van der Waals surface area contributed by atoms with Gasteiger partial charge in [-0.05, 0) is 19.3 Å². The van der Waals surface area contributed by atoms with Crippen LogP contribution in [0.15, 0.2) is 0 Å². The molecule has 3 amide bonds. The molecule has 8 heteroatoms. The molecule has 1 heterocycles. The Balaban J connectivity index is 2.57. The van der Waals surface area contributed by atoms with Crippen molar-refractivity contribution in [1.29, 1.82) is 0 Å². The summed E-state index contributed by atoms with van der Waals surface area (Å²) in [6.45, 7) is 0.337. The third-order valence-corrected chi connectivity index (χ3v) is 3.24. The first-order chi connectivity index (χ1) is 9.49.